The smallest absolute Gasteiger partial charge is 0.231 e. The second kappa shape index (κ2) is 8.50. The van der Waals surface area contributed by atoms with Crippen molar-refractivity contribution in [1.29, 1.82) is 0 Å². The van der Waals surface area contributed by atoms with Gasteiger partial charge in [0.15, 0.2) is 11.5 Å². The van der Waals surface area contributed by atoms with E-state index in [4.69, 9.17) is 9.47 Å². The first kappa shape index (κ1) is 19.7. The molecule has 2 aliphatic rings. The third-order valence-corrected chi connectivity index (χ3v) is 6.49. The number of hydrogen-bond donors (Lipinski definition) is 1. The van der Waals surface area contributed by atoms with Gasteiger partial charge in [0.05, 0.1) is 0 Å². The molecule has 0 saturated carbocycles. The Morgan fingerprint density at radius 1 is 1.10 bits per heavy atom. The Hall–Kier alpha value is -3.20. The van der Waals surface area contributed by atoms with Gasteiger partial charge in [-0.3, -0.25) is 4.79 Å². The van der Waals surface area contributed by atoms with Gasteiger partial charge in [-0.1, -0.05) is 23.5 Å². The Morgan fingerprint density at radius 3 is 2.68 bits per heavy atom. The first-order valence-electron chi connectivity index (χ1n) is 10.2. The molecule has 0 unspecified atom stereocenters. The minimum atomic E-state index is -0.243. The van der Waals surface area contributed by atoms with Crippen molar-refractivity contribution < 1.29 is 18.7 Å². The van der Waals surface area contributed by atoms with Crippen molar-refractivity contribution >= 4 is 28.1 Å². The Labute approximate surface area is 182 Å². The van der Waals surface area contributed by atoms with Crippen LogP contribution in [0.4, 0.5) is 15.2 Å². The summed E-state index contributed by atoms with van der Waals surface area (Å²) < 4.78 is 23.7. The summed E-state index contributed by atoms with van der Waals surface area (Å²) in [5.41, 5.74) is 1.72. The number of piperidine rings is 1. The van der Waals surface area contributed by atoms with Crippen LogP contribution in [0, 0.1) is 11.7 Å². The van der Waals surface area contributed by atoms with E-state index >= 15 is 0 Å². The molecule has 0 radical (unpaired) electrons. The predicted molar refractivity (Wildman–Crippen MR) is 115 cm³/mol. The van der Waals surface area contributed by atoms with Gasteiger partial charge in [0.2, 0.25) is 17.8 Å². The van der Waals surface area contributed by atoms with E-state index < -0.39 is 0 Å². The lowest BCUT2D eigenvalue weighted by Crippen LogP contribution is -2.38. The molecule has 3 aromatic rings. The fraction of sp³-hybridized carbons (Fsp3) is 0.318. The van der Waals surface area contributed by atoms with Gasteiger partial charge >= 0.3 is 0 Å². The Balaban J connectivity index is 1.14. The molecule has 160 valence electrons. The van der Waals surface area contributed by atoms with Crippen molar-refractivity contribution in [2.24, 2.45) is 5.92 Å². The zero-order valence-electron chi connectivity index (χ0n) is 16.7. The monoisotopic (exact) mass is 440 g/mol. The van der Waals surface area contributed by atoms with Gasteiger partial charge in [0.25, 0.3) is 0 Å². The average molecular weight is 441 g/mol. The second-order valence-corrected chi connectivity index (χ2v) is 8.64. The number of nitrogens with one attached hydrogen (secondary N) is 1. The summed E-state index contributed by atoms with van der Waals surface area (Å²) in [4.78, 5) is 14.9. The number of rotatable bonds is 5. The summed E-state index contributed by atoms with van der Waals surface area (Å²) in [6.45, 7) is 1.72. The molecular weight excluding hydrogens is 419 g/mol. The van der Waals surface area contributed by atoms with Crippen molar-refractivity contribution in [2.75, 3.05) is 30.1 Å². The van der Waals surface area contributed by atoms with Gasteiger partial charge in [0.1, 0.15) is 10.8 Å². The summed E-state index contributed by atoms with van der Waals surface area (Å²) in [5, 5.41) is 13.3. The third kappa shape index (κ3) is 4.46. The zero-order chi connectivity index (χ0) is 21.2. The highest BCUT2D eigenvalue weighted by atomic mass is 32.1. The minimum absolute atomic E-state index is 0.0211. The van der Waals surface area contributed by atoms with Crippen molar-refractivity contribution in [3.05, 3.63) is 58.9 Å². The Bertz CT molecular complexity index is 1080. The number of benzene rings is 2. The molecule has 0 bridgehead atoms. The van der Waals surface area contributed by atoms with Crippen LogP contribution < -0.4 is 19.7 Å². The zero-order valence-corrected chi connectivity index (χ0v) is 17.5. The maximum atomic E-state index is 13.1. The maximum absolute atomic E-state index is 13.1. The molecule has 1 N–H and O–H groups in total. The van der Waals surface area contributed by atoms with E-state index in [1.807, 2.05) is 6.07 Å². The average Bonchev–Trinajstić information content (AvgIpc) is 3.45. The van der Waals surface area contributed by atoms with E-state index in [1.54, 1.807) is 35.6 Å². The number of ether oxygens (including phenoxy) is 2. The summed E-state index contributed by atoms with van der Waals surface area (Å²) in [6, 6.07) is 11.9. The lowest BCUT2D eigenvalue weighted by Gasteiger charge is -2.30. The van der Waals surface area contributed by atoms with Crippen LogP contribution in [0.3, 0.4) is 0 Å². The van der Waals surface area contributed by atoms with Crippen molar-refractivity contribution in [1.82, 2.24) is 10.2 Å². The molecule has 0 atom stereocenters. The van der Waals surface area contributed by atoms with Crippen molar-refractivity contribution in [3.8, 4) is 11.5 Å². The van der Waals surface area contributed by atoms with Gasteiger partial charge < -0.3 is 19.7 Å². The van der Waals surface area contributed by atoms with E-state index in [0.29, 0.717) is 23.6 Å². The number of halogens is 1. The number of carbonyl (C=O) groups excluding carboxylic acids is 1. The Morgan fingerprint density at radius 2 is 1.87 bits per heavy atom. The number of anilines is 2. The van der Waals surface area contributed by atoms with Gasteiger partial charge in [-0.15, -0.1) is 10.2 Å². The molecule has 1 fully saturated rings. The third-order valence-electron chi connectivity index (χ3n) is 5.50. The van der Waals surface area contributed by atoms with Crippen LogP contribution in [0.2, 0.25) is 0 Å². The van der Waals surface area contributed by atoms with Crippen LogP contribution in [-0.2, 0) is 11.2 Å². The molecule has 2 aliphatic heterocycles. The molecule has 7 nitrogen and oxygen atoms in total. The van der Waals surface area contributed by atoms with Crippen LogP contribution in [0.15, 0.2) is 42.5 Å². The van der Waals surface area contributed by atoms with Gasteiger partial charge in [-0.25, -0.2) is 4.39 Å². The topological polar surface area (TPSA) is 76.6 Å². The van der Waals surface area contributed by atoms with Crippen LogP contribution in [-0.4, -0.2) is 36.0 Å². The summed E-state index contributed by atoms with van der Waals surface area (Å²) in [7, 11) is 0. The van der Waals surface area contributed by atoms with Gasteiger partial charge in [0, 0.05) is 37.2 Å². The molecule has 5 rings (SSSR count). The number of aromatic nitrogens is 2. The fourth-order valence-electron chi connectivity index (χ4n) is 3.77. The molecular formula is C22H21FN4O3S. The quantitative estimate of drug-likeness (QED) is 0.650. The summed E-state index contributed by atoms with van der Waals surface area (Å²) >= 11 is 1.55. The van der Waals surface area contributed by atoms with Crippen LogP contribution in [0.1, 0.15) is 23.4 Å². The van der Waals surface area contributed by atoms with E-state index in [-0.39, 0.29) is 24.4 Å². The largest absolute Gasteiger partial charge is 0.454 e. The highest BCUT2D eigenvalue weighted by Gasteiger charge is 2.27. The molecule has 0 spiro atoms. The number of fused-ring (bicyclic) bond motifs is 1. The minimum Gasteiger partial charge on any atom is -0.454 e. The highest BCUT2D eigenvalue weighted by molar-refractivity contribution is 7.15. The molecule has 1 amide bonds. The lowest BCUT2D eigenvalue weighted by atomic mass is 9.96. The van der Waals surface area contributed by atoms with Crippen LogP contribution >= 0.6 is 11.3 Å². The fourth-order valence-corrected chi connectivity index (χ4v) is 4.70. The standard InChI is InChI=1S/C22H21FN4O3S/c23-16-3-1-14(2-4-16)11-20-25-26-22(31-20)27-9-7-15(8-10-27)21(28)24-17-5-6-18-19(12-17)30-13-29-18/h1-6,12,15H,7-11,13H2,(H,24,28). The number of hydrogen-bond acceptors (Lipinski definition) is 7. The van der Waals surface area contributed by atoms with Crippen LogP contribution in [0.25, 0.3) is 0 Å². The second-order valence-electron chi connectivity index (χ2n) is 7.60. The van der Waals surface area contributed by atoms with E-state index in [1.165, 1.54) is 12.1 Å². The highest BCUT2D eigenvalue weighted by Crippen LogP contribution is 2.34. The SMILES string of the molecule is O=C(Nc1ccc2c(c1)OCO2)C1CCN(c2nnc(Cc3ccc(F)cc3)s2)CC1. The molecule has 0 aliphatic carbocycles. The Kier molecular flexibility index (Phi) is 5.42. The molecule has 2 aromatic carbocycles. The number of carbonyl (C=O) groups is 1. The normalized spacial score (nSPS) is 15.8. The van der Waals surface area contributed by atoms with E-state index in [2.05, 4.69) is 20.4 Å². The van der Waals surface area contributed by atoms with Gasteiger partial charge in [-0.2, -0.15) is 0 Å². The maximum Gasteiger partial charge on any atom is 0.231 e. The van der Waals surface area contributed by atoms with Crippen molar-refractivity contribution in [2.45, 2.75) is 19.3 Å². The first-order chi connectivity index (χ1) is 15.1. The predicted octanol–water partition coefficient (Wildman–Crippen LogP) is 3.85. The van der Waals surface area contributed by atoms with Crippen LogP contribution in [0.5, 0.6) is 11.5 Å². The molecule has 31 heavy (non-hydrogen) atoms. The molecule has 1 aromatic heterocycles. The van der Waals surface area contributed by atoms with E-state index in [9.17, 15) is 9.18 Å². The number of amides is 1. The molecule has 9 heteroatoms. The first-order valence-corrected chi connectivity index (χ1v) is 11.0. The lowest BCUT2D eigenvalue weighted by molar-refractivity contribution is -0.120. The molecule has 3 heterocycles. The van der Waals surface area contributed by atoms with E-state index in [0.717, 1.165) is 41.6 Å². The number of nitrogens with zero attached hydrogens (tertiary/aromatic N) is 3. The summed E-state index contributed by atoms with van der Waals surface area (Å²) in [6.07, 6.45) is 2.14. The van der Waals surface area contributed by atoms with Gasteiger partial charge in [-0.05, 0) is 42.7 Å². The summed E-state index contributed by atoms with van der Waals surface area (Å²) in [5.74, 6) is 1.08. The van der Waals surface area contributed by atoms with Crippen molar-refractivity contribution in [3.63, 3.8) is 0 Å². The molecule has 1 saturated heterocycles.